The molecule has 2 nitrogen and oxygen atoms in total. The van der Waals surface area contributed by atoms with Gasteiger partial charge in [0.25, 0.3) is 0 Å². The third kappa shape index (κ3) is 3.89. The Morgan fingerprint density at radius 1 is 1.31 bits per heavy atom. The molecule has 0 aliphatic heterocycles. The van der Waals surface area contributed by atoms with Crippen molar-refractivity contribution in [3.63, 3.8) is 0 Å². The van der Waals surface area contributed by atoms with E-state index in [0.29, 0.717) is 0 Å². The van der Waals surface area contributed by atoms with Gasteiger partial charge in [-0.15, -0.1) is 0 Å². The van der Waals surface area contributed by atoms with Crippen LogP contribution < -0.4 is 5.32 Å². The van der Waals surface area contributed by atoms with Crippen molar-refractivity contribution < 1.29 is 0 Å². The third-order valence-electron chi connectivity index (χ3n) is 2.37. The van der Waals surface area contributed by atoms with Gasteiger partial charge in [0.1, 0.15) is 0 Å². The smallest absolute Gasteiger partial charge is 0.0661 e. The zero-order valence-electron chi connectivity index (χ0n) is 10.3. The minimum atomic E-state index is 0.946. The fraction of sp³-hybridized carbons (Fsp3) is 0.357. The number of nitrogens with zero attached hydrogens (tertiary/aromatic N) is 1. The summed E-state index contributed by atoms with van der Waals surface area (Å²) in [6, 6.07) is 8.24. The molecule has 0 aromatic heterocycles. The maximum Gasteiger partial charge on any atom is 0.0661 e. The SMILES string of the molecule is CCNC(C)=CC=Nc1ccccc1CC. The van der Waals surface area contributed by atoms with Crippen molar-refractivity contribution in [2.24, 2.45) is 4.99 Å². The first kappa shape index (κ1) is 12.5. The molecule has 0 saturated carbocycles. The minimum Gasteiger partial charge on any atom is -0.389 e. The Labute approximate surface area is 98.1 Å². The molecule has 0 bridgehead atoms. The van der Waals surface area contributed by atoms with E-state index in [4.69, 9.17) is 0 Å². The lowest BCUT2D eigenvalue weighted by Crippen LogP contribution is -2.08. The lowest BCUT2D eigenvalue weighted by molar-refractivity contribution is 0.856. The second-order valence-electron chi connectivity index (χ2n) is 3.64. The van der Waals surface area contributed by atoms with Crippen molar-refractivity contribution >= 4 is 11.9 Å². The van der Waals surface area contributed by atoms with Gasteiger partial charge >= 0.3 is 0 Å². The molecule has 0 aliphatic rings. The molecule has 0 amide bonds. The van der Waals surface area contributed by atoms with Crippen molar-refractivity contribution in [1.29, 1.82) is 0 Å². The fourth-order valence-corrected chi connectivity index (χ4v) is 1.50. The van der Waals surface area contributed by atoms with Gasteiger partial charge in [0.15, 0.2) is 0 Å². The third-order valence-corrected chi connectivity index (χ3v) is 2.37. The number of benzene rings is 1. The molecule has 1 aromatic carbocycles. The summed E-state index contributed by atoms with van der Waals surface area (Å²) < 4.78 is 0. The lowest BCUT2D eigenvalue weighted by atomic mass is 10.1. The highest BCUT2D eigenvalue weighted by Crippen LogP contribution is 2.18. The molecule has 0 saturated heterocycles. The van der Waals surface area contributed by atoms with Gasteiger partial charge in [0, 0.05) is 18.5 Å². The Morgan fingerprint density at radius 2 is 2.06 bits per heavy atom. The van der Waals surface area contributed by atoms with Crippen molar-refractivity contribution in [3.05, 3.63) is 41.6 Å². The fourth-order valence-electron chi connectivity index (χ4n) is 1.50. The Kier molecular flexibility index (Phi) is 5.34. The summed E-state index contributed by atoms with van der Waals surface area (Å²) in [6.45, 7) is 7.22. The molecule has 2 heteroatoms. The van der Waals surface area contributed by atoms with E-state index in [1.54, 1.807) is 0 Å². The number of rotatable bonds is 5. The molecule has 0 unspecified atom stereocenters. The van der Waals surface area contributed by atoms with Gasteiger partial charge in [0.2, 0.25) is 0 Å². The number of allylic oxidation sites excluding steroid dienone is 2. The maximum atomic E-state index is 4.46. The molecule has 0 fully saturated rings. The molecule has 0 atom stereocenters. The van der Waals surface area contributed by atoms with Gasteiger partial charge in [-0.25, -0.2) is 0 Å². The summed E-state index contributed by atoms with van der Waals surface area (Å²) in [4.78, 5) is 4.46. The molecule has 1 rings (SSSR count). The zero-order chi connectivity index (χ0) is 11.8. The number of hydrogen-bond donors (Lipinski definition) is 1. The van der Waals surface area contributed by atoms with Crippen LogP contribution in [0, 0.1) is 0 Å². The van der Waals surface area contributed by atoms with E-state index in [0.717, 1.165) is 24.4 Å². The van der Waals surface area contributed by atoms with Crippen LogP contribution in [-0.2, 0) is 6.42 Å². The Bertz CT molecular complexity index is 378. The zero-order valence-corrected chi connectivity index (χ0v) is 10.3. The van der Waals surface area contributed by atoms with Gasteiger partial charge in [-0.1, -0.05) is 25.1 Å². The molecule has 1 aromatic rings. The van der Waals surface area contributed by atoms with Gasteiger partial charge in [-0.3, -0.25) is 4.99 Å². The van der Waals surface area contributed by atoms with Gasteiger partial charge in [-0.2, -0.15) is 0 Å². The molecule has 0 radical (unpaired) electrons. The van der Waals surface area contributed by atoms with Crippen LogP contribution in [0.5, 0.6) is 0 Å². The average Bonchev–Trinajstić information content (AvgIpc) is 2.30. The van der Waals surface area contributed by atoms with E-state index in [1.165, 1.54) is 5.56 Å². The highest BCUT2D eigenvalue weighted by molar-refractivity contribution is 5.75. The van der Waals surface area contributed by atoms with E-state index in [-0.39, 0.29) is 0 Å². The van der Waals surface area contributed by atoms with E-state index < -0.39 is 0 Å². The molecule has 86 valence electrons. The molecule has 0 heterocycles. The Morgan fingerprint density at radius 3 is 2.75 bits per heavy atom. The van der Waals surface area contributed by atoms with Crippen LogP contribution >= 0.6 is 0 Å². The van der Waals surface area contributed by atoms with Crippen LogP contribution in [0.2, 0.25) is 0 Å². The van der Waals surface area contributed by atoms with E-state index in [9.17, 15) is 0 Å². The highest BCUT2D eigenvalue weighted by atomic mass is 14.9. The Balaban J connectivity index is 2.72. The minimum absolute atomic E-state index is 0.946. The standard InChI is InChI=1S/C14H20N2/c1-4-13-8-6-7-9-14(13)16-11-10-12(3)15-5-2/h6-11,15H,4-5H2,1-3H3. The van der Waals surface area contributed by atoms with Crippen molar-refractivity contribution in [2.45, 2.75) is 27.2 Å². The summed E-state index contributed by atoms with van der Waals surface area (Å²) in [7, 11) is 0. The summed E-state index contributed by atoms with van der Waals surface area (Å²) in [5, 5.41) is 3.23. The number of hydrogen-bond acceptors (Lipinski definition) is 2. The Hall–Kier alpha value is -1.57. The lowest BCUT2D eigenvalue weighted by Gasteiger charge is -2.01. The van der Waals surface area contributed by atoms with Crippen LogP contribution in [0.4, 0.5) is 5.69 Å². The second kappa shape index (κ2) is 6.83. The molecular formula is C14H20N2. The van der Waals surface area contributed by atoms with Crippen molar-refractivity contribution in [2.75, 3.05) is 6.54 Å². The quantitative estimate of drug-likeness (QED) is 0.749. The summed E-state index contributed by atoms with van der Waals surface area (Å²) in [5.41, 5.74) is 3.49. The van der Waals surface area contributed by atoms with Crippen molar-refractivity contribution in [1.82, 2.24) is 5.32 Å². The van der Waals surface area contributed by atoms with Gasteiger partial charge in [-0.05, 0) is 38.0 Å². The van der Waals surface area contributed by atoms with E-state index in [1.807, 2.05) is 31.3 Å². The molecule has 0 spiro atoms. The number of nitrogens with one attached hydrogen (secondary N) is 1. The number of para-hydroxylation sites is 1. The number of aryl methyl sites for hydroxylation is 1. The molecular weight excluding hydrogens is 196 g/mol. The largest absolute Gasteiger partial charge is 0.389 e. The highest BCUT2D eigenvalue weighted by Gasteiger charge is 1.94. The number of aliphatic imine (C=N–C) groups is 1. The van der Waals surface area contributed by atoms with Gasteiger partial charge < -0.3 is 5.32 Å². The first-order valence-corrected chi connectivity index (χ1v) is 5.80. The summed E-state index contributed by atoms with van der Waals surface area (Å²) >= 11 is 0. The average molecular weight is 216 g/mol. The van der Waals surface area contributed by atoms with Crippen molar-refractivity contribution in [3.8, 4) is 0 Å². The topological polar surface area (TPSA) is 24.4 Å². The molecule has 16 heavy (non-hydrogen) atoms. The van der Waals surface area contributed by atoms with Crippen LogP contribution in [0.15, 0.2) is 41.0 Å². The van der Waals surface area contributed by atoms with Crippen LogP contribution in [0.1, 0.15) is 26.3 Å². The van der Waals surface area contributed by atoms with E-state index >= 15 is 0 Å². The molecule has 0 aliphatic carbocycles. The first-order chi connectivity index (χ1) is 7.77. The van der Waals surface area contributed by atoms with E-state index in [2.05, 4.69) is 36.3 Å². The van der Waals surface area contributed by atoms with Crippen LogP contribution in [0.25, 0.3) is 0 Å². The predicted molar refractivity (Wildman–Crippen MR) is 71.4 cm³/mol. The van der Waals surface area contributed by atoms with Crippen LogP contribution in [-0.4, -0.2) is 12.8 Å². The second-order valence-corrected chi connectivity index (χ2v) is 3.64. The monoisotopic (exact) mass is 216 g/mol. The van der Waals surface area contributed by atoms with Crippen LogP contribution in [0.3, 0.4) is 0 Å². The normalized spacial score (nSPS) is 12.1. The summed E-state index contributed by atoms with van der Waals surface area (Å²) in [6.07, 6.45) is 4.87. The predicted octanol–water partition coefficient (Wildman–Crippen LogP) is 3.46. The first-order valence-electron chi connectivity index (χ1n) is 5.80. The summed E-state index contributed by atoms with van der Waals surface area (Å²) in [5.74, 6) is 0. The van der Waals surface area contributed by atoms with Gasteiger partial charge in [0.05, 0.1) is 5.69 Å². The molecule has 1 N–H and O–H groups in total. The maximum absolute atomic E-state index is 4.46.